The molecular weight excluding hydrogens is 344 g/mol. The summed E-state index contributed by atoms with van der Waals surface area (Å²) in [6, 6.07) is 8.54. The monoisotopic (exact) mass is 372 g/mol. The molecule has 3 rings (SSSR count). The van der Waals surface area contributed by atoms with Crippen LogP contribution in [0.15, 0.2) is 29.4 Å². The number of nitrogens with zero attached hydrogens (tertiary/aromatic N) is 3. The maximum Gasteiger partial charge on any atom is 0.230 e. The van der Waals surface area contributed by atoms with Crippen molar-refractivity contribution in [1.29, 1.82) is 0 Å². The number of benzene rings is 1. The summed E-state index contributed by atoms with van der Waals surface area (Å²) in [7, 11) is 1.98. The van der Waals surface area contributed by atoms with Gasteiger partial charge in [-0.05, 0) is 43.2 Å². The van der Waals surface area contributed by atoms with Crippen LogP contribution in [0.25, 0.3) is 0 Å². The molecule has 1 heterocycles. The van der Waals surface area contributed by atoms with E-state index in [1.54, 1.807) is 0 Å². The molecule has 5 nitrogen and oxygen atoms in total. The Morgan fingerprint density at radius 2 is 1.92 bits per heavy atom. The van der Waals surface area contributed by atoms with Crippen LogP contribution in [0.3, 0.4) is 0 Å². The molecule has 0 bridgehead atoms. The van der Waals surface area contributed by atoms with E-state index >= 15 is 0 Å². The second-order valence-corrected chi connectivity index (χ2v) is 8.53. The molecule has 140 valence electrons. The number of hydrogen-bond acceptors (Lipinski definition) is 4. The number of amides is 1. The zero-order chi connectivity index (χ0) is 18.7. The lowest BCUT2D eigenvalue weighted by Crippen LogP contribution is -2.28. The Morgan fingerprint density at radius 1 is 1.23 bits per heavy atom. The van der Waals surface area contributed by atoms with Gasteiger partial charge in [0.25, 0.3) is 0 Å². The van der Waals surface area contributed by atoms with Gasteiger partial charge in [-0.2, -0.15) is 0 Å². The van der Waals surface area contributed by atoms with Crippen LogP contribution in [-0.4, -0.2) is 26.4 Å². The smallest absolute Gasteiger partial charge is 0.230 e. The maximum absolute atomic E-state index is 12.3. The highest BCUT2D eigenvalue weighted by molar-refractivity contribution is 7.99. The summed E-state index contributed by atoms with van der Waals surface area (Å²) < 4.78 is 2.02. The molecule has 2 aromatic rings. The summed E-state index contributed by atoms with van der Waals surface area (Å²) in [6.07, 6.45) is 3.48. The van der Waals surface area contributed by atoms with Crippen LogP contribution in [-0.2, 0) is 18.3 Å². The fourth-order valence-electron chi connectivity index (χ4n) is 3.06. The summed E-state index contributed by atoms with van der Waals surface area (Å²) in [5.74, 6) is 2.63. The summed E-state index contributed by atoms with van der Waals surface area (Å²) >= 11 is 1.44. The topological polar surface area (TPSA) is 59.8 Å². The third-order valence-electron chi connectivity index (χ3n) is 4.64. The van der Waals surface area contributed by atoms with Crippen molar-refractivity contribution in [2.75, 3.05) is 5.75 Å². The molecule has 1 aromatic heterocycles. The van der Waals surface area contributed by atoms with E-state index < -0.39 is 0 Å². The quantitative estimate of drug-likeness (QED) is 0.715. The van der Waals surface area contributed by atoms with Crippen LogP contribution in [0.4, 0.5) is 0 Å². The van der Waals surface area contributed by atoms with Gasteiger partial charge in [-0.25, -0.2) is 0 Å². The van der Waals surface area contributed by atoms with Gasteiger partial charge in [0.1, 0.15) is 5.82 Å². The molecule has 1 N–H and O–H groups in total. The minimum Gasteiger partial charge on any atom is -0.349 e. The Morgan fingerprint density at radius 3 is 2.54 bits per heavy atom. The Hall–Kier alpha value is -1.82. The van der Waals surface area contributed by atoms with Gasteiger partial charge in [-0.15, -0.1) is 10.2 Å². The number of rotatable bonds is 8. The van der Waals surface area contributed by atoms with Crippen LogP contribution >= 0.6 is 11.8 Å². The molecule has 0 aliphatic heterocycles. The average molecular weight is 373 g/mol. The largest absolute Gasteiger partial charge is 0.349 e. The van der Waals surface area contributed by atoms with Gasteiger partial charge in [0, 0.05) is 13.0 Å². The molecule has 0 unspecified atom stereocenters. The summed E-state index contributed by atoms with van der Waals surface area (Å²) in [5, 5.41) is 12.4. The minimum atomic E-state index is -0.00211. The van der Waals surface area contributed by atoms with E-state index in [1.165, 1.54) is 30.2 Å². The molecule has 1 fully saturated rings. The van der Waals surface area contributed by atoms with Crippen LogP contribution in [0.2, 0.25) is 0 Å². The van der Waals surface area contributed by atoms with Gasteiger partial charge in [-0.1, -0.05) is 49.9 Å². The SMILES string of the molecule is CC(C)Cc1ccc([C@H](C)NC(=O)CSc2nnc(C3CC3)n2C)cc1. The molecule has 1 aliphatic rings. The van der Waals surface area contributed by atoms with Crippen molar-refractivity contribution in [3.8, 4) is 0 Å². The molecule has 1 aliphatic carbocycles. The maximum atomic E-state index is 12.3. The van der Waals surface area contributed by atoms with Gasteiger partial charge >= 0.3 is 0 Å². The van der Waals surface area contributed by atoms with E-state index in [0.29, 0.717) is 17.6 Å². The molecule has 6 heteroatoms. The van der Waals surface area contributed by atoms with Crippen molar-refractivity contribution < 1.29 is 4.79 Å². The van der Waals surface area contributed by atoms with Gasteiger partial charge < -0.3 is 9.88 Å². The summed E-state index contributed by atoms with van der Waals surface area (Å²) in [5.41, 5.74) is 2.47. The van der Waals surface area contributed by atoms with E-state index in [-0.39, 0.29) is 11.9 Å². The molecular formula is C20H28N4OS. The second kappa shape index (κ2) is 8.25. The van der Waals surface area contributed by atoms with Gasteiger partial charge in [-0.3, -0.25) is 4.79 Å². The standard InChI is InChI=1S/C20H28N4OS/c1-13(2)11-15-5-7-16(8-6-15)14(3)21-18(25)12-26-20-23-22-19(24(20)4)17-9-10-17/h5-8,13-14,17H,9-12H2,1-4H3,(H,21,25)/t14-/m0/s1. The summed E-state index contributed by atoms with van der Waals surface area (Å²) in [4.78, 5) is 12.3. The fourth-order valence-corrected chi connectivity index (χ4v) is 3.79. The molecule has 1 aromatic carbocycles. The first-order valence-electron chi connectivity index (χ1n) is 9.34. The number of aromatic nitrogens is 3. The van der Waals surface area contributed by atoms with Gasteiger partial charge in [0.15, 0.2) is 5.16 Å². The van der Waals surface area contributed by atoms with Crippen LogP contribution in [0, 0.1) is 5.92 Å². The minimum absolute atomic E-state index is 0.00211. The fraction of sp³-hybridized carbons (Fsp3) is 0.550. The first-order chi connectivity index (χ1) is 12.4. The molecule has 0 spiro atoms. The van der Waals surface area contributed by atoms with Crippen molar-refractivity contribution in [2.45, 2.75) is 57.1 Å². The van der Waals surface area contributed by atoms with E-state index in [1.807, 2.05) is 18.5 Å². The molecule has 1 atom stereocenters. The highest BCUT2D eigenvalue weighted by atomic mass is 32.2. The lowest BCUT2D eigenvalue weighted by atomic mass is 10.00. The van der Waals surface area contributed by atoms with Gasteiger partial charge in [0.05, 0.1) is 11.8 Å². The van der Waals surface area contributed by atoms with Crippen molar-refractivity contribution in [1.82, 2.24) is 20.1 Å². The number of hydrogen-bond donors (Lipinski definition) is 1. The van der Waals surface area contributed by atoms with Crippen molar-refractivity contribution in [3.05, 3.63) is 41.2 Å². The van der Waals surface area contributed by atoms with E-state index in [9.17, 15) is 4.79 Å². The van der Waals surface area contributed by atoms with E-state index in [0.717, 1.165) is 23.0 Å². The Balaban J connectivity index is 1.49. The van der Waals surface area contributed by atoms with Crippen molar-refractivity contribution in [3.63, 3.8) is 0 Å². The number of nitrogens with one attached hydrogen (secondary N) is 1. The lowest BCUT2D eigenvalue weighted by Gasteiger charge is -2.15. The third kappa shape index (κ3) is 4.87. The Kier molecular flexibility index (Phi) is 6.01. The number of carbonyl (C=O) groups excluding carboxylic acids is 1. The molecule has 1 saturated carbocycles. The summed E-state index contributed by atoms with van der Waals surface area (Å²) in [6.45, 7) is 6.46. The average Bonchev–Trinajstić information content (AvgIpc) is 3.36. The predicted octanol–water partition coefficient (Wildman–Crippen LogP) is 3.86. The molecule has 1 amide bonds. The zero-order valence-corrected chi connectivity index (χ0v) is 16.8. The van der Waals surface area contributed by atoms with Gasteiger partial charge in [0.2, 0.25) is 5.91 Å². The van der Waals surface area contributed by atoms with Crippen molar-refractivity contribution >= 4 is 17.7 Å². The molecule has 0 saturated heterocycles. The van der Waals surface area contributed by atoms with Crippen molar-refractivity contribution in [2.24, 2.45) is 13.0 Å². The van der Waals surface area contributed by atoms with Crippen LogP contribution in [0.5, 0.6) is 0 Å². The number of thioether (sulfide) groups is 1. The zero-order valence-electron chi connectivity index (χ0n) is 16.0. The van der Waals surface area contributed by atoms with Crippen LogP contribution < -0.4 is 5.32 Å². The normalized spacial score (nSPS) is 15.3. The van der Waals surface area contributed by atoms with E-state index in [4.69, 9.17) is 0 Å². The highest BCUT2D eigenvalue weighted by Crippen LogP contribution is 2.39. The lowest BCUT2D eigenvalue weighted by molar-refractivity contribution is -0.119. The Bertz CT molecular complexity index is 750. The second-order valence-electron chi connectivity index (χ2n) is 7.59. The number of carbonyl (C=O) groups is 1. The molecule has 26 heavy (non-hydrogen) atoms. The van der Waals surface area contributed by atoms with Crippen LogP contribution in [0.1, 0.15) is 62.5 Å². The van der Waals surface area contributed by atoms with E-state index in [2.05, 4.69) is 53.6 Å². The molecule has 0 radical (unpaired) electrons. The first kappa shape index (κ1) is 19.0. The Labute approximate surface area is 160 Å². The third-order valence-corrected chi connectivity index (χ3v) is 5.66. The predicted molar refractivity (Wildman–Crippen MR) is 105 cm³/mol. The highest BCUT2D eigenvalue weighted by Gasteiger charge is 2.29. The first-order valence-corrected chi connectivity index (χ1v) is 10.3.